The Labute approximate surface area is 99.4 Å². The van der Waals surface area contributed by atoms with Crippen molar-refractivity contribution in [3.8, 4) is 0 Å². The molecule has 0 aliphatic heterocycles. The largest absolute Gasteiger partial charge is 0.399 e. The van der Waals surface area contributed by atoms with Crippen molar-refractivity contribution >= 4 is 11.8 Å². The number of allylic oxidation sites excluding steroid dienone is 1. The molecule has 1 nitrogen and oxygen atoms in total. The van der Waals surface area contributed by atoms with Crippen molar-refractivity contribution in [3.63, 3.8) is 0 Å². The lowest BCUT2D eigenvalue weighted by molar-refractivity contribution is 0.565. The second-order valence-corrected chi connectivity index (χ2v) is 4.43. The summed E-state index contributed by atoms with van der Waals surface area (Å²) in [6.07, 6.45) is 8.28. The zero-order valence-corrected chi connectivity index (χ0v) is 10.7. The van der Waals surface area contributed by atoms with Crippen LogP contribution in [0.1, 0.15) is 44.2 Å². The third kappa shape index (κ3) is 3.73. The number of nitrogens with two attached hydrogens (primary N) is 1. The minimum absolute atomic E-state index is 0.700. The highest BCUT2D eigenvalue weighted by Gasteiger charge is 2.00. The quantitative estimate of drug-likeness (QED) is 0.726. The maximum Gasteiger partial charge on any atom is 0.0320 e. The fourth-order valence-electron chi connectivity index (χ4n) is 1.89. The molecule has 88 valence electrons. The Balaban J connectivity index is 2.77. The predicted molar refractivity (Wildman–Crippen MR) is 73.3 cm³/mol. The Morgan fingerprint density at radius 2 is 2.06 bits per heavy atom. The summed E-state index contributed by atoms with van der Waals surface area (Å²) < 4.78 is 0. The highest BCUT2D eigenvalue weighted by atomic mass is 14.5. The Morgan fingerprint density at radius 3 is 2.69 bits per heavy atom. The molecule has 0 radical (unpaired) electrons. The lowest BCUT2D eigenvalue weighted by Gasteiger charge is -2.08. The molecule has 0 bridgehead atoms. The van der Waals surface area contributed by atoms with E-state index in [1.807, 2.05) is 12.1 Å². The van der Waals surface area contributed by atoms with E-state index in [0.29, 0.717) is 5.92 Å². The first kappa shape index (κ1) is 12.8. The molecule has 1 heteroatoms. The number of anilines is 1. The first-order chi connectivity index (χ1) is 7.67. The SMILES string of the molecule is CCCC(C=Cc1cc(N)ccc1C)CC. The molecular formula is C15H23N. The summed E-state index contributed by atoms with van der Waals surface area (Å²) >= 11 is 0. The molecular weight excluding hydrogens is 194 g/mol. The van der Waals surface area contributed by atoms with Gasteiger partial charge >= 0.3 is 0 Å². The van der Waals surface area contributed by atoms with Crippen LogP contribution in [-0.2, 0) is 0 Å². The average molecular weight is 217 g/mol. The lowest BCUT2D eigenvalue weighted by atomic mass is 9.98. The molecule has 0 fully saturated rings. The summed E-state index contributed by atoms with van der Waals surface area (Å²) in [7, 11) is 0. The number of benzene rings is 1. The summed E-state index contributed by atoms with van der Waals surface area (Å²) in [4.78, 5) is 0. The van der Waals surface area contributed by atoms with E-state index in [9.17, 15) is 0 Å². The molecule has 1 aromatic rings. The monoisotopic (exact) mass is 217 g/mol. The number of hydrogen-bond acceptors (Lipinski definition) is 1. The Kier molecular flexibility index (Phi) is 5.10. The van der Waals surface area contributed by atoms with Crippen LogP contribution >= 0.6 is 0 Å². The van der Waals surface area contributed by atoms with Crippen LogP contribution in [0, 0.1) is 12.8 Å². The molecule has 0 aliphatic rings. The molecule has 1 aromatic carbocycles. The van der Waals surface area contributed by atoms with E-state index >= 15 is 0 Å². The van der Waals surface area contributed by atoms with Crippen LogP contribution in [0.3, 0.4) is 0 Å². The summed E-state index contributed by atoms with van der Waals surface area (Å²) in [5, 5.41) is 0. The van der Waals surface area contributed by atoms with E-state index in [0.717, 1.165) is 5.69 Å². The van der Waals surface area contributed by atoms with Gasteiger partial charge in [-0.1, -0.05) is 38.5 Å². The summed E-state index contributed by atoms with van der Waals surface area (Å²) in [5.74, 6) is 0.700. The van der Waals surface area contributed by atoms with Crippen LogP contribution in [0.2, 0.25) is 0 Å². The topological polar surface area (TPSA) is 26.0 Å². The van der Waals surface area contributed by atoms with Crippen molar-refractivity contribution in [1.82, 2.24) is 0 Å². The molecule has 0 aliphatic carbocycles. The number of hydrogen-bond donors (Lipinski definition) is 1. The van der Waals surface area contributed by atoms with Gasteiger partial charge in [0.2, 0.25) is 0 Å². The first-order valence-corrected chi connectivity index (χ1v) is 6.21. The fourth-order valence-corrected chi connectivity index (χ4v) is 1.89. The van der Waals surface area contributed by atoms with Gasteiger partial charge in [0.15, 0.2) is 0 Å². The van der Waals surface area contributed by atoms with Crippen molar-refractivity contribution in [2.75, 3.05) is 5.73 Å². The highest BCUT2D eigenvalue weighted by molar-refractivity contribution is 5.59. The number of aryl methyl sites for hydroxylation is 1. The third-order valence-electron chi connectivity index (χ3n) is 3.04. The van der Waals surface area contributed by atoms with Crippen LogP contribution in [0.15, 0.2) is 24.3 Å². The van der Waals surface area contributed by atoms with Crippen LogP contribution in [-0.4, -0.2) is 0 Å². The zero-order valence-electron chi connectivity index (χ0n) is 10.7. The minimum atomic E-state index is 0.700. The van der Waals surface area contributed by atoms with Crippen molar-refractivity contribution in [2.24, 2.45) is 5.92 Å². The van der Waals surface area contributed by atoms with Gasteiger partial charge in [-0.05, 0) is 48.9 Å². The van der Waals surface area contributed by atoms with Gasteiger partial charge in [-0.15, -0.1) is 0 Å². The third-order valence-corrected chi connectivity index (χ3v) is 3.04. The van der Waals surface area contributed by atoms with Crippen LogP contribution in [0.5, 0.6) is 0 Å². The summed E-state index contributed by atoms with van der Waals surface area (Å²) in [5.41, 5.74) is 9.17. The summed E-state index contributed by atoms with van der Waals surface area (Å²) in [6.45, 7) is 6.61. The molecule has 2 N–H and O–H groups in total. The maximum atomic E-state index is 5.79. The predicted octanol–water partition coefficient (Wildman–Crippen LogP) is 4.42. The molecule has 0 saturated carbocycles. The number of nitrogen functional groups attached to an aromatic ring is 1. The van der Waals surface area contributed by atoms with E-state index < -0.39 is 0 Å². The van der Waals surface area contributed by atoms with Gasteiger partial charge < -0.3 is 5.73 Å². The van der Waals surface area contributed by atoms with Crippen molar-refractivity contribution < 1.29 is 0 Å². The van der Waals surface area contributed by atoms with E-state index in [2.05, 4.69) is 39.0 Å². The van der Waals surface area contributed by atoms with Crippen molar-refractivity contribution in [2.45, 2.75) is 40.0 Å². The molecule has 1 atom stereocenters. The molecule has 0 spiro atoms. The molecule has 0 aromatic heterocycles. The van der Waals surface area contributed by atoms with Gasteiger partial charge in [-0.3, -0.25) is 0 Å². The van der Waals surface area contributed by atoms with Gasteiger partial charge in [0.05, 0.1) is 0 Å². The molecule has 1 unspecified atom stereocenters. The van der Waals surface area contributed by atoms with Crippen LogP contribution in [0.25, 0.3) is 6.08 Å². The molecule has 16 heavy (non-hydrogen) atoms. The molecule has 0 heterocycles. The smallest absolute Gasteiger partial charge is 0.0320 e. The Hall–Kier alpha value is -1.24. The van der Waals surface area contributed by atoms with Crippen LogP contribution in [0.4, 0.5) is 5.69 Å². The summed E-state index contributed by atoms with van der Waals surface area (Å²) in [6, 6.07) is 6.08. The van der Waals surface area contributed by atoms with Gasteiger partial charge in [-0.25, -0.2) is 0 Å². The van der Waals surface area contributed by atoms with Crippen molar-refractivity contribution in [1.29, 1.82) is 0 Å². The Morgan fingerprint density at radius 1 is 1.31 bits per heavy atom. The van der Waals surface area contributed by atoms with Crippen molar-refractivity contribution in [3.05, 3.63) is 35.4 Å². The van der Waals surface area contributed by atoms with E-state index in [-0.39, 0.29) is 0 Å². The Bertz CT molecular complexity index is 352. The van der Waals surface area contributed by atoms with E-state index in [1.54, 1.807) is 0 Å². The van der Waals surface area contributed by atoms with E-state index in [1.165, 1.54) is 30.4 Å². The lowest BCUT2D eigenvalue weighted by Crippen LogP contribution is -1.93. The second-order valence-electron chi connectivity index (χ2n) is 4.43. The first-order valence-electron chi connectivity index (χ1n) is 6.21. The van der Waals surface area contributed by atoms with Crippen LogP contribution < -0.4 is 5.73 Å². The van der Waals surface area contributed by atoms with Gasteiger partial charge in [0.1, 0.15) is 0 Å². The van der Waals surface area contributed by atoms with E-state index in [4.69, 9.17) is 5.73 Å². The minimum Gasteiger partial charge on any atom is -0.399 e. The second kappa shape index (κ2) is 6.37. The van der Waals surface area contributed by atoms with Gasteiger partial charge in [0, 0.05) is 5.69 Å². The highest BCUT2D eigenvalue weighted by Crippen LogP contribution is 2.18. The molecule has 0 amide bonds. The van der Waals surface area contributed by atoms with Gasteiger partial charge in [-0.2, -0.15) is 0 Å². The zero-order chi connectivity index (χ0) is 12.0. The normalized spacial score (nSPS) is 13.2. The number of rotatable bonds is 5. The van der Waals surface area contributed by atoms with Gasteiger partial charge in [0.25, 0.3) is 0 Å². The average Bonchev–Trinajstić information content (AvgIpc) is 2.28. The standard InChI is InChI=1S/C15H23N/c1-4-6-13(5-2)8-9-14-11-15(16)10-7-12(14)3/h7-11,13H,4-6,16H2,1-3H3. The molecule has 1 rings (SSSR count). The molecule has 0 saturated heterocycles. The fraction of sp³-hybridized carbons (Fsp3) is 0.467. The maximum absolute atomic E-state index is 5.79.